The number of aryl methyl sites for hydroxylation is 1. The Hall–Kier alpha value is -2.67. The van der Waals surface area contributed by atoms with Gasteiger partial charge in [0.25, 0.3) is 0 Å². The van der Waals surface area contributed by atoms with E-state index in [1.807, 2.05) is 37.3 Å². The molecule has 0 fully saturated rings. The zero-order valence-electron chi connectivity index (χ0n) is 13.9. The summed E-state index contributed by atoms with van der Waals surface area (Å²) >= 11 is 1.30. The van der Waals surface area contributed by atoms with Gasteiger partial charge in [0.1, 0.15) is 17.5 Å². The highest BCUT2D eigenvalue weighted by Crippen LogP contribution is 2.44. The molecule has 3 aromatic rings. The molecule has 1 N–H and O–H groups in total. The van der Waals surface area contributed by atoms with Crippen LogP contribution in [0.4, 0.5) is 14.6 Å². The van der Waals surface area contributed by atoms with Crippen LogP contribution in [-0.2, 0) is 4.79 Å². The lowest BCUT2D eigenvalue weighted by Gasteiger charge is -2.16. The van der Waals surface area contributed by atoms with Crippen LogP contribution in [0.25, 0.3) is 5.69 Å². The number of aromatic nitrogens is 2. The summed E-state index contributed by atoms with van der Waals surface area (Å²) in [7, 11) is 0. The van der Waals surface area contributed by atoms with Gasteiger partial charge < -0.3 is 5.32 Å². The molecule has 2 heterocycles. The molecule has 0 spiro atoms. The predicted octanol–water partition coefficient (Wildman–Crippen LogP) is 4.23. The quantitative estimate of drug-likeness (QED) is 0.733. The van der Waals surface area contributed by atoms with Crippen molar-refractivity contribution in [1.82, 2.24) is 9.78 Å². The summed E-state index contributed by atoms with van der Waals surface area (Å²) in [5, 5.41) is 6.98. The van der Waals surface area contributed by atoms with Gasteiger partial charge in [-0.1, -0.05) is 24.3 Å². The van der Waals surface area contributed by atoms with Crippen molar-refractivity contribution in [2.45, 2.75) is 12.2 Å². The van der Waals surface area contributed by atoms with E-state index in [4.69, 9.17) is 0 Å². The molecular weight excluding hydrogens is 356 g/mol. The fourth-order valence-electron chi connectivity index (χ4n) is 3.10. The fraction of sp³-hybridized carbons (Fsp3) is 0.158. The molecule has 0 saturated carbocycles. The van der Waals surface area contributed by atoms with Crippen molar-refractivity contribution in [3.05, 3.63) is 77.0 Å². The second-order valence-corrected chi connectivity index (χ2v) is 7.09. The second-order valence-electron chi connectivity index (χ2n) is 6.00. The standard InChI is InChI=1S/C19H15F2N3OS/c1-11-17-18(14-8-7-12(20)9-15(14)21)26-10-16(25)22-19(17)24(23-11)13-5-3-2-4-6-13/h2-9,18H,10H2,1H3,(H,22,25)/t18-/m0/s1. The van der Waals surface area contributed by atoms with Crippen LogP contribution < -0.4 is 5.32 Å². The Morgan fingerprint density at radius 2 is 1.96 bits per heavy atom. The van der Waals surface area contributed by atoms with Crippen molar-refractivity contribution in [1.29, 1.82) is 0 Å². The summed E-state index contributed by atoms with van der Waals surface area (Å²) in [5.41, 5.74) is 2.55. The first-order valence-electron chi connectivity index (χ1n) is 8.06. The van der Waals surface area contributed by atoms with E-state index in [-0.39, 0.29) is 11.7 Å². The number of benzene rings is 2. The lowest BCUT2D eigenvalue weighted by Crippen LogP contribution is -2.15. The van der Waals surface area contributed by atoms with E-state index in [9.17, 15) is 13.6 Å². The van der Waals surface area contributed by atoms with Crippen LogP contribution in [0.3, 0.4) is 0 Å². The van der Waals surface area contributed by atoms with Gasteiger partial charge in [0.2, 0.25) is 5.91 Å². The molecule has 26 heavy (non-hydrogen) atoms. The zero-order valence-corrected chi connectivity index (χ0v) is 14.7. The molecule has 1 aliphatic rings. The van der Waals surface area contributed by atoms with Crippen molar-refractivity contribution in [3.8, 4) is 5.69 Å². The first kappa shape index (κ1) is 16.8. The molecule has 0 bridgehead atoms. The number of anilines is 1. The highest BCUT2D eigenvalue weighted by Gasteiger charge is 2.32. The highest BCUT2D eigenvalue weighted by atomic mass is 32.2. The number of hydrogen-bond acceptors (Lipinski definition) is 3. The molecule has 1 aliphatic heterocycles. The topological polar surface area (TPSA) is 46.9 Å². The molecule has 4 rings (SSSR count). The molecule has 4 nitrogen and oxygen atoms in total. The van der Waals surface area contributed by atoms with Crippen molar-refractivity contribution in [2.75, 3.05) is 11.1 Å². The number of nitrogens with one attached hydrogen (secondary N) is 1. The number of carbonyl (C=O) groups is 1. The van der Waals surface area contributed by atoms with Crippen LogP contribution in [0.2, 0.25) is 0 Å². The van der Waals surface area contributed by atoms with Gasteiger partial charge in [0.05, 0.1) is 22.4 Å². The number of fused-ring (bicyclic) bond motifs is 1. The monoisotopic (exact) mass is 371 g/mol. The number of nitrogens with zero attached hydrogens (tertiary/aromatic N) is 2. The fourth-order valence-corrected chi connectivity index (χ4v) is 4.31. The summed E-state index contributed by atoms with van der Waals surface area (Å²) in [6, 6.07) is 12.9. The van der Waals surface area contributed by atoms with Crippen LogP contribution in [0, 0.1) is 18.6 Å². The van der Waals surface area contributed by atoms with Gasteiger partial charge in [0, 0.05) is 17.2 Å². The van der Waals surface area contributed by atoms with E-state index in [1.54, 1.807) is 4.68 Å². The Kier molecular flexibility index (Phi) is 4.24. The third-order valence-electron chi connectivity index (χ3n) is 4.25. The largest absolute Gasteiger partial charge is 0.310 e. The Morgan fingerprint density at radius 3 is 2.69 bits per heavy atom. The molecule has 0 aliphatic carbocycles. The summed E-state index contributed by atoms with van der Waals surface area (Å²) < 4.78 is 29.4. The first-order valence-corrected chi connectivity index (χ1v) is 9.11. The van der Waals surface area contributed by atoms with Gasteiger partial charge >= 0.3 is 0 Å². The summed E-state index contributed by atoms with van der Waals surface area (Å²) in [6.45, 7) is 1.82. The Bertz CT molecular complexity index is 988. The van der Waals surface area contributed by atoms with Gasteiger partial charge in [-0.25, -0.2) is 13.5 Å². The van der Waals surface area contributed by atoms with Gasteiger partial charge in [-0.2, -0.15) is 5.10 Å². The van der Waals surface area contributed by atoms with E-state index < -0.39 is 16.9 Å². The van der Waals surface area contributed by atoms with Gasteiger partial charge in [0.15, 0.2) is 0 Å². The minimum atomic E-state index is -0.630. The van der Waals surface area contributed by atoms with Crippen molar-refractivity contribution >= 4 is 23.5 Å². The molecule has 1 aromatic heterocycles. The van der Waals surface area contributed by atoms with Crippen LogP contribution in [-0.4, -0.2) is 21.4 Å². The molecule has 7 heteroatoms. The molecule has 0 unspecified atom stereocenters. The van der Waals surface area contributed by atoms with E-state index in [2.05, 4.69) is 10.4 Å². The maximum atomic E-state index is 14.4. The third-order valence-corrected chi connectivity index (χ3v) is 5.51. The van der Waals surface area contributed by atoms with Crippen LogP contribution >= 0.6 is 11.8 Å². The van der Waals surface area contributed by atoms with Crippen molar-refractivity contribution < 1.29 is 13.6 Å². The predicted molar refractivity (Wildman–Crippen MR) is 97.6 cm³/mol. The Labute approximate surface area is 153 Å². The molecular formula is C19H15F2N3OS. The number of amides is 1. The first-order chi connectivity index (χ1) is 12.5. The van der Waals surface area contributed by atoms with Crippen molar-refractivity contribution in [3.63, 3.8) is 0 Å². The minimum absolute atomic E-state index is 0.171. The number of rotatable bonds is 2. The number of halogens is 2. The minimum Gasteiger partial charge on any atom is -0.310 e. The smallest absolute Gasteiger partial charge is 0.235 e. The molecule has 0 radical (unpaired) electrons. The van der Waals surface area contributed by atoms with E-state index >= 15 is 0 Å². The summed E-state index contributed by atoms with van der Waals surface area (Å²) in [4.78, 5) is 12.2. The summed E-state index contributed by atoms with van der Waals surface area (Å²) in [6.07, 6.45) is 0. The van der Waals surface area contributed by atoms with Gasteiger partial charge in [-0.15, -0.1) is 11.8 Å². The summed E-state index contributed by atoms with van der Waals surface area (Å²) in [5.74, 6) is -0.744. The van der Waals surface area contributed by atoms with Crippen LogP contribution in [0.5, 0.6) is 0 Å². The lowest BCUT2D eigenvalue weighted by molar-refractivity contribution is -0.113. The molecule has 1 amide bonds. The number of thioether (sulfide) groups is 1. The maximum absolute atomic E-state index is 14.4. The third kappa shape index (κ3) is 2.88. The molecule has 0 saturated heterocycles. The average Bonchev–Trinajstić information content (AvgIpc) is 2.83. The van der Waals surface area contributed by atoms with Crippen molar-refractivity contribution in [2.24, 2.45) is 0 Å². The highest BCUT2D eigenvalue weighted by molar-refractivity contribution is 8.00. The van der Waals surface area contributed by atoms with E-state index in [1.165, 1.54) is 23.9 Å². The zero-order chi connectivity index (χ0) is 18.3. The molecule has 132 valence electrons. The van der Waals surface area contributed by atoms with E-state index in [0.717, 1.165) is 17.3 Å². The van der Waals surface area contributed by atoms with Crippen LogP contribution in [0.1, 0.15) is 22.1 Å². The van der Waals surface area contributed by atoms with Crippen LogP contribution in [0.15, 0.2) is 48.5 Å². The second kappa shape index (κ2) is 6.57. The van der Waals surface area contributed by atoms with Gasteiger partial charge in [-0.3, -0.25) is 4.79 Å². The molecule has 2 aromatic carbocycles. The number of hydrogen-bond donors (Lipinski definition) is 1. The number of carbonyl (C=O) groups excluding carboxylic acids is 1. The Morgan fingerprint density at radius 1 is 1.19 bits per heavy atom. The Balaban J connectivity index is 1.91. The SMILES string of the molecule is Cc1nn(-c2ccccc2)c2c1[C@H](c1ccc(F)cc1F)SCC(=O)N2. The number of para-hydroxylation sites is 1. The maximum Gasteiger partial charge on any atom is 0.235 e. The molecule has 1 atom stereocenters. The lowest BCUT2D eigenvalue weighted by atomic mass is 10.0. The van der Waals surface area contributed by atoms with Gasteiger partial charge in [-0.05, 0) is 25.1 Å². The normalized spacial score (nSPS) is 16.7. The van der Waals surface area contributed by atoms with E-state index in [0.29, 0.717) is 17.1 Å². The average molecular weight is 371 g/mol.